The van der Waals surface area contributed by atoms with Crippen molar-refractivity contribution in [3.8, 4) is 0 Å². The summed E-state index contributed by atoms with van der Waals surface area (Å²) in [6.07, 6.45) is 15.5. The summed E-state index contributed by atoms with van der Waals surface area (Å²) in [5.74, 6) is -1.47. The molecule has 0 amide bonds. The summed E-state index contributed by atoms with van der Waals surface area (Å²) in [6, 6.07) is -1.71. The molecule has 0 aromatic heterocycles. The van der Waals surface area contributed by atoms with Crippen LogP contribution in [0, 0.1) is 0 Å². The number of carbonyl (C=O) groups is 4. The van der Waals surface area contributed by atoms with Gasteiger partial charge in [-0.3, -0.25) is 9.59 Å². The standard InChI is InChI=1S/2C11H13NO4.Co/c2*1-16-11(15)9(7-13)12-6-8-4-2-3-5-10(8)14;/h2*2-6,9,12-13H,7H2,1H3;/b2*8-6-;. The van der Waals surface area contributed by atoms with Crippen molar-refractivity contribution < 1.29 is 55.6 Å². The van der Waals surface area contributed by atoms with Crippen molar-refractivity contribution in [2.75, 3.05) is 27.4 Å². The first-order valence-corrected chi connectivity index (χ1v) is 9.45. The van der Waals surface area contributed by atoms with Crippen LogP contribution < -0.4 is 10.6 Å². The van der Waals surface area contributed by atoms with Crippen LogP contribution in [0.1, 0.15) is 0 Å². The van der Waals surface area contributed by atoms with Crippen molar-refractivity contribution in [1.29, 1.82) is 0 Å². The Kier molecular flexibility index (Phi) is 14.8. The van der Waals surface area contributed by atoms with Crippen molar-refractivity contribution >= 4 is 23.5 Å². The number of aliphatic hydroxyl groups excluding tert-OH is 2. The normalized spacial score (nSPS) is 18.1. The number of hydrogen-bond donors (Lipinski definition) is 4. The summed E-state index contributed by atoms with van der Waals surface area (Å²) in [4.78, 5) is 44.8. The molecule has 2 aliphatic carbocycles. The van der Waals surface area contributed by atoms with Crippen LogP contribution in [0.2, 0.25) is 0 Å². The predicted octanol–water partition coefficient (Wildman–Crippen LogP) is -0.625. The zero-order valence-corrected chi connectivity index (χ0v) is 19.1. The fourth-order valence-electron chi connectivity index (χ4n) is 2.26. The van der Waals surface area contributed by atoms with E-state index in [1.54, 1.807) is 36.5 Å². The van der Waals surface area contributed by atoms with Gasteiger partial charge in [0.2, 0.25) is 0 Å². The Morgan fingerprint density at radius 2 is 1.12 bits per heavy atom. The van der Waals surface area contributed by atoms with Gasteiger partial charge in [0.15, 0.2) is 11.6 Å². The summed E-state index contributed by atoms with van der Waals surface area (Å²) in [6.45, 7) is -0.797. The number of nitrogens with one attached hydrogen (secondary N) is 2. The molecule has 2 rings (SSSR count). The van der Waals surface area contributed by atoms with Gasteiger partial charge in [-0.15, -0.1) is 0 Å². The molecule has 0 heterocycles. The van der Waals surface area contributed by atoms with Gasteiger partial charge in [-0.2, -0.15) is 0 Å². The number of ketones is 2. The van der Waals surface area contributed by atoms with Gasteiger partial charge in [-0.25, -0.2) is 9.59 Å². The largest absolute Gasteiger partial charge is 0.467 e. The maximum absolute atomic E-state index is 11.3. The molecule has 11 heteroatoms. The SMILES string of the molecule is COC(=O)C(CO)N/C=C1/C=CC=CC1=O.COC(=O)C(CO)N/C=C1/C=CC=CC1=O.[Co]. The van der Waals surface area contributed by atoms with Crippen LogP contribution in [0.25, 0.3) is 0 Å². The van der Waals surface area contributed by atoms with Gasteiger partial charge in [-0.05, 0) is 24.3 Å². The Labute approximate surface area is 201 Å². The fourth-order valence-corrected chi connectivity index (χ4v) is 2.26. The molecule has 0 spiro atoms. The van der Waals surface area contributed by atoms with Crippen LogP contribution in [-0.4, -0.2) is 73.2 Å². The minimum Gasteiger partial charge on any atom is -0.467 e. The number of esters is 2. The third-order valence-corrected chi connectivity index (χ3v) is 4.05. The Morgan fingerprint density at radius 1 is 0.788 bits per heavy atom. The summed E-state index contributed by atoms with van der Waals surface area (Å²) < 4.78 is 8.92. The Bertz CT molecular complexity index is 815. The van der Waals surface area contributed by atoms with Gasteiger partial charge >= 0.3 is 11.9 Å². The van der Waals surface area contributed by atoms with E-state index >= 15 is 0 Å². The van der Waals surface area contributed by atoms with Crippen LogP contribution in [0.4, 0.5) is 0 Å². The molecule has 0 fully saturated rings. The number of ether oxygens (including phenoxy) is 2. The van der Waals surface area contributed by atoms with Gasteiger partial charge in [0.05, 0.1) is 27.4 Å². The van der Waals surface area contributed by atoms with E-state index in [1.807, 2.05) is 0 Å². The second-order valence-corrected chi connectivity index (χ2v) is 6.21. The molecule has 10 nitrogen and oxygen atoms in total. The molecule has 4 N–H and O–H groups in total. The van der Waals surface area contributed by atoms with Crippen LogP contribution in [0.5, 0.6) is 0 Å². The Balaban J connectivity index is 0.000000602. The maximum atomic E-state index is 11.3. The van der Waals surface area contributed by atoms with Gasteiger partial charge in [-0.1, -0.05) is 24.3 Å². The number of rotatable bonds is 8. The summed E-state index contributed by atoms with van der Waals surface area (Å²) >= 11 is 0. The summed E-state index contributed by atoms with van der Waals surface area (Å²) in [5.41, 5.74) is 0.842. The zero-order chi connectivity index (χ0) is 23.9. The van der Waals surface area contributed by atoms with Crippen molar-refractivity contribution in [1.82, 2.24) is 10.6 Å². The van der Waals surface area contributed by atoms with Crippen LogP contribution in [0.15, 0.2) is 72.2 Å². The van der Waals surface area contributed by atoms with Gasteiger partial charge in [0.1, 0.15) is 12.1 Å². The number of hydrogen-bond acceptors (Lipinski definition) is 10. The molecule has 2 unspecified atom stereocenters. The molecular formula is C22H26CoN2O8. The quantitative estimate of drug-likeness (QED) is 0.248. The molecule has 181 valence electrons. The first kappa shape index (κ1) is 29.7. The van der Waals surface area contributed by atoms with E-state index in [1.165, 1.54) is 38.8 Å². The number of aliphatic hydroxyl groups is 2. The minimum absolute atomic E-state index is 0. The molecule has 1 radical (unpaired) electrons. The maximum Gasteiger partial charge on any atom is 0.330 e. The second kappa shape index (κ2) is 16.4. The molecule has 0 saturated heterocycles. The molecule has 33 heavy (non-hydrogen) atoms. The molecule has 0 saturated carbocycles. The Hall–Kier alpha value is -3.25. The molecule has 0 bridgehead atoms. The molecule has 0 aliphatic heterocycles. The number of carbonyl (C=O) groups excluding carboxylic acids is 4. The van der Waals surface area contributed by atoms with Gasteiger partial charge < -0.3 is 30.3 Å². The third kappa shape index (κ3) is 10.3. The van der Waals surface area contributed by atoms with Crippen LogP contribution in [0.3, 0.4) is 0 Å². The van der Waals surface area contributed by atoms with E-state index in [4.69, 9.17) is 10.2 Å². The van der Waals surface area contributed by atoms with Crippen molar-refractivity contribution in [2.24, 2.45) is 0 Å². The van der Waals surface area contributed by atoms with E-state index in [0.717, 1.165) is 0 Å². The monoisotopic (exact) mass is 505 g/mol. The Morgan fingerprint density at radius 3 is 1.39 bits per heavy atom. The molecule has 2 aliphatic rings. The topological polar surface area (TPSA) is 151 Å². The average Bonchev–Trinajstić information content (AvgIpc) is 2.82. The van der Waals surface area contributed by atoms with Crippen molar-refractivity contribution in [2.45, 2.75) is 12.1 Å². The number of allylic oxidation sites excluding steroid dienone is 10. The van der Waals surface area contributed by atoms with Crippen LogP contribution in [-0.2, 0) is 45.4 Å². The summed E-state index contributed by atoms with van der Waals surface area (Å²) in [7, 11) is 2.46. The van der Waals surface area contributed by atoms with E-state index in [0.29, 0.717) is 11.1 Å². The van der Waals surface area contributed by atoms with Crippen molar-refractivity contribution in [3.05, 3.63) is 72.2 Å². The molecule has 0 aromatic carbocycles. The second-order valence-electron chi connectivity index (χ2n) is 6.21. The molecule has 0 aromatic rings. The third-order valence-electron chi connectivity index (χ3n) is 4.05. The summed E-state index contributed by atoms with van der Waals surface area (Å²) in [5, 5.41) is 23.1. The molecule has 2 atom stereocenters. The van der Waals surface area contributed by atoms with Gasteiger partial charge in [0, 0.05) is 40.3 Å². The fraction of sp³-hybridized carbons (Fsp3) is 0.273. The first-order chi connectivity index (χ1) is 15.4. The van der Waals surface area contributed by atoms with Gasteiger partial charge in [0.25, 0.3) is 0 Å². The van der Waals surface area contributed by atoms with Crippen LogP contribution >= 0.6 is 0 Å². The van der Waals surface area contributed by atoms with E-state index in [2.05, 4.69) is 20.1 Å². The van der Waals surface area contributed by atoms with E-state index < -0.39 is 37.2 Å². The zero-order valence-electron chi connectivity index (χ0n) is 18.0. The van der Waals surface area contributed by atoms with E-state index in [-0.39, 0.29) is 28.3 Å². The number of methoxy groups -OCH3 is 2. The predicted molar refractivity (Wildman–Crippen MR) is 115 cm³/mol. The van der Waals surface area contributed by atoms with E-state index in [9.17, 15) is 19.2 Å². The molecular weight excluding hydrogens is 479 g/mol. The smallest absolute Gasteiger partial charge is 0.330 e. The first-order valence-electron chi connectivity index (χ1n) is 9.45. The average molecular weight is 505 g/mol. The minimum atomic E-state index is -0.857. The van der Waals surface area contributed by atoms with Crippen molar-refractivity contribution in [3.63, 3.8) is 0 Å².